The van der Waals surface area contributed by atoms with E-state index in [2.05, 4.69) is 47.4 Å². The first-order valence-electron chi connectivity index (χ1n) is 12.5. The minimum atomic E-state index is -0.322. The van der Waals surface area contributed by atoms with Gasteiger partial charge in [0.25, 0.3) is 5.91 Å². The monoisotopic (exact) mass is 514 g/mol. The summed E-state index contributed by atoms with van der Waals surface area (Å²) in [5.41, 5.74) is 9.58. The average molecular weight is 515 g/mol. The number of nitrogens with zero attached hydrogens (tertiary/aromatic N) is 4. The lowest BCUT2D eigenvalue weighted by Gasteiger charge is -2.37. The molecule has 0 spiro atoms. The molecule has 0 N–H and O–H groups in total. The van der Waals surface area contributed by atoms with E-state index in [1.807, 2.05) is 34.9 Å². The molecule has 0 aliphatic carbocycles. The zero-order valence-electron chi connectivity index (χ0n) is 21.6. The van der Waals surface area contributed by atoms with Gasteiger partial charge in [-0.3, -0.25) is 14.8 Å². The Kier molecular flexibility index (Phi) is 5.88. The van der Waals surface area contributed by atoms with Crippen molar-refractivity contribution in [2.24, 2.45) is 0 Å². The molecule has 7 nitrogen and oxygen atoms in total. The molecule has 4 aromatic rings. The quantitative estimate of drug-likeness (QED) is 0.352. The Hall–Kier alpha value is -3.49. The van der Waals surface area contributed by atoms with Crippen LogP contribution in [0, 0.1) is 0 Å². The number of fused-ring (bicyclic) bond motifs is 5. The summed E-state index contributed by atoms with van der Waals surface area (Å²) in [4.78, 5) is 25.9. The van der Waals surface area contributed by atoms with Gasteiger partial charge in [-0.1, -0.05) is 6.07 Å². The molecule has 0 radical (unpaired) electrons. The van der Waals surface area contributed by atoms with Crippen molar-refractivity contribution in [3.05, 3.63) is 65.2 Å². The summed E-state index contributed by atoms with van der Waals surface area (Å²) in [5, 5.41) is 0. The van der Waals surface area contributed by atoms with Gasteiger partial charge >= 0.3 is 0 Å². The summed E-state index contributed by atoms with van der Waals surface area (Å²) in [7, 11) is 1.71. The summed E-state index contributed by atoms with van der Waals surface area (Å²) in [5.74, 6) is 0.884. The van der Waals surface area contributed by atoms with Crippen LogP contribution in [0.4, 0.5) is 0 Å². The maximum absolute atomic E-state index is 14.2. The lowest BCUT2D eigenvalue weighted by Crippen LogP contribution is -2.49. The predicted octanol–water partition coefficient (Wildman–Crippen LogP) is 5.68. The molecule has 190 valence electrons. The highest BCUT2D eigenvalue weighted by Crippen LogP contribution is 2.48. The Bertz CT molecular complexity index is 1470. The van der Waals surface area contributed by atoms with E-state index >= 15 is 0 Å². The van der Waals surface area contributed by atoms with Gasteiger partial charge in [-0.05, 0) is 51.0 Å². The Morgan fingerprint density at radius 3 is 2.65 bits per heavy atom. The van der Waals surface area contributed by atoms with E-state index in [4.69, 9.17) is 9.47 Å². The Labute approximate surface area is 220 Å². The molecule has 0 unspecified atom stereocenters. The molecule has 2 aliphatic rings. The fraction of sp³-hybridized carbons (Fsp3) is 0.345. The first-order chi connectivity index (χ1) is 17.9. The van der Waals surface area contributed by atoms with Crippen LogP contribution in [0.15, 0.2) is 48.4 Å². The molecule has 0 atom stereocenters. The third-order valence-electron chi connectivity index (χ3n) is 7.26. The zero-order valence-corrected chi connectivity index (χ0v) is 22.4. The van der Waals surface area contributed by atoms with E-state index in [9.17, 15) is 4.79 Å². The van der Waals surface area contributed by atoms with Gasteiger partial charge in [0, 0.05) is 65.0 Å². The second-order valence-corrected chi connectivity index (χ2v) is 11.3. The number of hydrogen-bond acceptors (Lipinski definition) is 6. The van der Waals surface area contributed by atoms with Crippen LogP contribution in [0.25, 0.3) is 32.8 Å². The summed E-state index contributed by atoms with van der Waals surface area (Å²) in [6, 6.07) is 8.31. The molecule has 0 saturated heterocycles. The highest BCUT2D eigenvalue weighted by molar-refractivity contribution is 7.13. The molecular formula is C29H30N4O3S. The third-order valence-corrected chi connectivity index (χ3v) is 8.05. The second-order valence-electron chi connectivity index (χ2n) is 10.4. The lowest BCUT2D eigenvalue weighted by molar-refractivity contribution is 0.0336. The normalized spacial score (nSPS) is 15.5. The largest absolute Gasteiger partial charge is 0.496 e. The van der Waals surface area contributed by atoms with E-state index in [-0.39, 0.29) is 11.4 Å². The van der Waals surface area contributed by atoms with Crippen LogP contribution < -0.4 is 4.74 Å². The number of rotatable bonds is 3. The average Bonchev–Trinajstić information content (AvgIpc) is 3.52. The van der Waals surface area contributed by atoms with Crippen molar-refractivity contribution < 1.29 is 14.3 Å². The Morgan fingerprint density at radius 2 is 1.95 bits per heavy atom. The number of aryl methyl sites for hydroxylation is 1. The summed E-state index contributed by atoms with van der Waals surface area (Å²) in [6.07, 6.45) is 6.33. The highest BCUT2D eigenvalue weighted by Gasteiger charge is 2.38. The van der Waals surface area contributed by atoms with Gasteiger partial charge in [0.15, 0.2) is 0 Å². The van der Waals surface area contributed by atoms with Crippen molar-refractivity contribution in [1.82, 2.24) is 19.4 Å². The zero-order chi connectivity index (χ0) is 25.7. The molecule has 5 heterocycles. The third kappa shape index (κ3) is 3.95. The number of carbonyl (C=O) groups excluding carboxylic acids is 1. The predicted molar refractivity (Wildman–Crippen MR) is 145 cm³/mol. The lowest BCUT2D eigenvalue weighted by atomic mass is 9.91. The molecule has 8 heteroatoms. The number of benzene rings is 1. The van der Waals surface area contributed by atoms with Crippen LogP contribution in [-0.2, 0) is 24.3 Å². The van der Waals surface area contributed by atoms with Crippen LogP contribution in [0.5, 0.6) is 5.75 Å². The molecule has 1 aromatic carbocycles. The number of pyridine rings is 1. The fourth-order valence-corrected chi connectivity index (χ4v) is 6.26. The minimum Gasteiger partial charge on any atom is -0.496 e. The summed E-state index contributed by atoms with van der Waals surface area (Å²) in [6.45, 7) is 8.42. The summed E-state index contributed by atoms with van der Waals surface area (Å²) < 4.78 is 14.2. The molecule has 1 amide bonds. The molecule has 6 rings (SSSR count). The van der Waals surface area contributed by atoms with E-state index in [0.29, 0.717) is 26.3 Å². The topological polar surface area (TPSA) is 69.5 Å². The number of thiazole rings is 1. The van der Waals surface area contributed by atoms with E-state index in [1.54, 1.807) is 24.6 Å². The van der Waals surface area contributed by atoms with Gasteiger partial charge in [-0.25, -0.2) is 0 Å². The van der Waals surface area contributed by atoms with Gasteiger partial charge in [0.05, 0.1) is 36.4 Å². The van der Waals surface area contributed by atoms with Crippen LogP contribution in [0.2, 0.25) is 0 Å². The van der Waals surface area contributed by atoms with Gasteiger partial charge in [0.2, 0.25) is 0 Å². The van der Waals surface area contributed by atoms with Gasteiger partial charge in [-0.15, -0.1) is 11.3 Å². The number of ether oxygens (including phenoxy) is 2. The number of aromatic nitrogens is 3. The standard InChI is InChI=1S/C29H30N4O3S/c1-29(2,3)33-10-11-36-16-22-25(24-15-31-17-37-24)26-21-13-20(19-6-5-8-30-14-19)23(35-4)12-18(21)7-9-32(26)27(22)28(33)34/h5-6,8,12-15,17H,7,9-11,16H2,1-4H3. The Morgan fingerprint density at radius 1 is 1.08 bits per heavy atom. The molecule has 2 aliphatic heterocycles. The van der Waals surface area contributed by atoms with Crippen LogP contribution in [0.1, 0.15) is 42.4 Å². The molecule has 0 saturated carbocycles. The van der Waals surface area contributed by atoms with Crippen molar-refractivity contribution in [2.45, 2.75) is 45.9 Å². The molecule has 37 heavy (non-hydrogen) atoms. The van der Waals surface area contributed by atoms with Gasteiger partial charge in [-0.2, -0.15) is 0 Å². The van der Waals surface area contributed by atoms with E-state index in [1.165, 1.54) is 5.56 Å². The highest BCUT2D eigenvalue weighted by atomic mass is 32.1. The van der Waals surface area contributed by atoms with Crippen molar-refractivity contribution in [3.8, 4) is 38.6 Å². The first-order valence-corrected chi connectivity index (χ1v) is 13.4. The molecule has 3 aromatic heterocycles. The van der Waals surface area contributed by atoms with Gasteiger partial charge < -0.3 is 18.9 Å². The van der Waals surface area contributed by atoms with Crippen LogP contribution >= 0.6 is 11.3 Å². The number of hydrogen-bond donors (Lipinski definition) is 0. The van der Waals surface area contributed by atoms with Crippen molar-refractivity contribution >= 4 is 17.2 Å². The van der Waals surface area contributed by atoms with Gasteiger partial charge in [0.1, 0.15) is 11.4 Å². The first kappa shape index (κ1) is 23.9. The van der Waals surface area contributed by atoms with E-state index < -0.39 is 0 Å². The molecule has 0 bridgehead atoms. The van der Waals surface area contributed by atoms with Crippen molar-refractivity contribution in [2.75, 3.05) is 20.3 Å². The van der Waals surface area contributed by atoms with E-state index in [0.717, 1.165) is 56.3 Å². The fourth-order valence-electron chi connectivity index (χ4n) is 5.56. The number of methoxy groups -OCH3 is 1. The van der Waals surface area contributed by atoms with Crippen LogP contribution in [0.3, 0.4) is 0 Å². The number of carbonyl (C=O) groups is 1. The molecular weight excluding hydrogens is 484 g/mol. The maximum atomic E-state index is 14.2. The van der Waals surface area contributed by atoms with Crippen molar-refractivity contribution in [3.63, 3.8) is 0 Å². The Balaban J connectivity index is 1.65. The molecule has 0 fully saturated rings. The maximum Gasteiger partial charge on any atom is 0.271 e. The van der Waals surface area contributed by atoms with Crippen molar-refractivity contribution in [1.29, 1.82) is 0 Å². The SMILES string of the molecule is COc1cc2c(cc1-c1cccnc1)-c1c(-c3cncs3)c3c(n1CC2)C(=O)N(C(C)(C)C)CCOC3. The number of amides is 1. The second kappa shape index (κ2) is 9.11. The van der Waals surface area contributed by atoms with Crippen LogP contribution in [-0.4, -0.2) is 51.1 Å². The summed E-state index contributed by atoms with van der Waals surface area (Å²) >= 11 is 1.59. The smallest absolute Gasteiger partial charge is 0.271 e. The minimum absolute atomic E-state index is 0.0623.